The third-order valence-corrected chi connectivity index (χ3v) is 4.54. The van der Waals surface area contributed by atoms with Gasteiger partial charge in [-0.15, -0.1) is 0 Å². The van der Waals surface area contributed by atoms with Gasteiger partial charge >= 0.3 is 0 Å². The van der Waals surface area contributed by atoms with Gasteiger partial charge < -0.3 is 10.6 Å². The zero-order valence-electron chi connectivity index (χ0n) is 16.2. The number of amides is 1. The minimum atomic E-state index is -0.695. The van der Waals surface area contributed by atoms with Gasteiger partial charge in [-0.05, 0) is 55.0 Å². The number of carbonyl (C=O) groups is 1. The molecule has 31 heavy (non-hydrogen) atoms. The van der Waals surface area contributed by atoms with Crippen molar-refractivity contribution < 1.29 is 19.0 Å². The van der Waals surface area contributed by atoms with E-state index in [4.69, 9.17) is 0 Å². The Balaban J connectivity index is 1.71. The fourth-order valence-corrected chi connectivity index (χ4v) is 2.88. The number of rotatable bonds is 7. The first-order valence-electron chi connectivity index (χ1n) is 9.11. The quantitative estimate of drug-likeness (QED) is 0.403. The SMILES string of the molecule is CC(Nc1ccc([N+](=O)[O-])cc1[N+](=O)[O-])c1ccc(NC(=O)c2ccc(F)cc2)cc1. The third kappa shape index (κ3) is 5.18. The van der Waals surface area contributed by atoms with Crippen molar-refractivity contribution in [2.24, 2.45) is 0 Å². The highest BCUT2D eigenvalue weighted by atomic mass is 19.1. The van der Waals surface area contributed by atoms with Crippen molar-refractivity contribution >= 4 is 28.7 Å². The lowest BCUT2D eigenvalue weighted by molar-refractivity contribution is -0.393. The Morgan fingerprint density at radius 1 is 0.935 bits per heavy atom. The van der Waals surface area contributed by atoms with Gasteiger partial charge in [0.15, 0.2) is 0 Å². The summed E-state index contributed by atoms with van der Waals surface area (Å²) in [5.74, 6) is -0.823. The molecule has 0 bridgehead atoms. The molecule has 0 saturated heterocycles. The van der Waals surface area contributed by atoms with Gasteiger partial charge in [0, 0.05) is 23.4 Å². The van der Waals surface area contributed by atoms with Gasteiger partial charge in [0.25, 0.3) is 17.3 Å². The molecule has 0 radical (unpaired) electrons. The Kier molecular flexibility index (Phi) is 6.20. The van der Waals surface area contributed by atoms with Crippen LogP contribution < -0.4 is 10.6 Å². The van der Waals surface area contributed by atoms with Crippen LogP contribution in [0.1, 0.15) is 28.9 Å². The maximum absolute atomic E-state index is 13.0. The second-order valence-corrected chi connectivity index (χ2v) is 6.66. The summed E-state index contributed by atoms with van der Waals surface area (Å²) >= 11 is 0. The summed E-state index contributed by atoms with van der Waals surface area (Å²) in [5.41, 5.74) is 0.984. The largest absolute Gasteiger partial charge is 0.373 e. The molecule has 1 atom stereocenters. The smallest absolute Gasteiger partial charge is 0.299 e. The molecule has 2 N–H and O–H groups in total. The normalized spacial score (nSPS) is 11.4. The maximum atomic E-state index is 13.0. The number of anilines is 2. The highest BCUT2D eigenvalue weighted by Crippen LogP contribution is 2.32. The van der Waals surface area contributed by atoms with Gasteiger partial charge in [-0.1, -0.05) is 12.1 Å². The molecular formula is C21H17FN4O5. The highest BCUT2D eigenvalue weighted by molar-refractivity contribution is 6.04. The zero-order valence-corrected chi connectivity index (χ0v) is 16.2. The van der Waals surface area contributed by atoms with E-state index in [9.17, 15) is 29.4 Å². The first-order valence-corrected chi connectivity index (χ1v) is 9.11. The molecule has 3 aromatic rings. The van der Waals surface area contributed by atoms with E-state index < -0.39 is 21.4 Å². The van der Waals surface area contributed by atoms with E-state index in [0.29, 0.717) is 11.3 Å². The predicted molar refractivity (Wildman–Crippen MR) is 113 cm³/mol. The van der Waals surface area contributed by atoms with Crippen molar-refractivity contribution in [1.29, 1.82) is 0 Å². The molecule has 0 fully saturated rings. The summed E-state index contributed by atoms with van der Waals surface area (Å²) in [6.07, 6.45) is 0. The van der Waals surface area contributed by atoms with E-state index in [-0.39, 0.29) is 23.3 Å². The van der Waals surface area contributed by atoms with E-state index in [1.165, 1.54) is 36.4 Å². The van der Waals surface area contributed by atoms with E-state index >= 15 is 0 Å². The first kappa shape index (κ1) is 21.4. The molecule has 1 amide bonds. The summed E-state index contributed by atoms with van der Waals surface area (Å²) in [5, 5.41) is 27.8. The molecule has 10 heteroatoms. The molecule has 0 saturated carbocycles. The standard InChI is InChI=1S/C21H17FN4O5/c1-13(23-19-11-10-18(25(28)29)12-20(19)26(30)31)14-4-8-17(9-5-14)24-21(27)15-2-6-16(22)7-3-15/h2-13,23H,1H3,(H,24,27). The Bertz CT molecular complexity index is 1130. The Morgan fingerprint density at radius 2 is 1.58 bits per heavy atom. The van der Waals surface area contributed by atoms with Crippen molar-refractivity contribution in [3.63, 3.8) is 0 Å². The first-order chi connectivity index (χ1) is 14.7. The van der Waals surface area contributed by atoms with Gasteiger partial charge in [-0.3, -0.25) is 25.0 Å². The maximum Gasteiger partial charge on any atom is 0.299 e. The summed E-state index contributed by atoms with van der Waals surface area (Å²) < 4.78 is 13.0. The predicted octanol–water partition coefficient (Wildman–Crippen LogP) is 5.07. The molecule has 0 aromatic heterocycles. The van der Waals surface area contributed by atoms with Gasteiger partial charge in [0.2, 0.25) is 0 Å². The molecule has 0 aliphatic rings. The fourth-order valence-electron chi connectivity index (χ4n) is 2.88. The lowest BCUT2D eigenvalue weighted by atomic mass is 10.1. The Morgan fingerprint density at radius 3 is 2.16 bits per heavy atom. The number of nitro benzene ring substituents is 2. The summed E-state index contributed by atoms with van der Waals surface area (Å²) in [6.45, 7) is 1.78. The van der Waals surface area contributed by atoms with Crippen LogP contribution in [0.5, 0.6) is 0 Å². The number of hydrogen-bond donors (Lipinski definition) is 2. The average molecular weight is 424 g/mol. The summed E-state index contributed by atoms with van der Waals surface area (Å²) in [4.78, 5) is 33.0. The number of carbonyl (C=O) groups excluding carboxylic acids is 1. The van der Waals surface area contributed by atoms with Gasteiger partial charge in [-0.2, -0.15) is 0 Å². The van der Waals surface area contributed by atoms with Crippen molar-refractivity contribution in [1.82, 2.24) is 0 Å². The zero-order chi connectivity index (χ0) is 22.5. The monoisotopic (exact) mass is 424 g/mol. The van der Waals surface area contributed by atoms with Crippen LogP contribution in [-0.4, -0.2) is 15.8 Å². The average Bonchev–Trinajstić information content (AvgIpc) is 2.74. The number of hydrogen-bond acceptors (Lipinski definition) is 6. The number of nitrogens with one attached hydrogen (secondary N) is 2. The van der Waals surface area contributed by atoms with Crippen LogP contribution >= 0.6 is 0 Å². The fraction of sp³-hybridized carbons (Fsp3) is 0.0952. The molecule has 3 aromatic carbocycles. The van der Waals surface area contributed by atoms with Crippen LogP contribution in [0.4, 0.5) is 27.1 Å². The van der Waals surface area contributed by atoms with Crippen molar-refractivity contribution in [2.75, 3.05) is 10.6 Å². The van der Waals surface area contributed by atoms with E-state index in [1.807, 2.05) is 0 Å². The lowest BCUT2D eigenvalue weighted by Gasteiger charge is -2.16. The van der Waals surface area contributed by atoms with Crippen LogP contribution in [0.2, 0.25) is 0 Å². The van der Waals surface area contributed by atoms with Crippen molar-refractivity contribution in [2.45, 2.75) is 13.0 Å². The Hall–Kier alpha value is -4.34. The van der Waals surface area contributed by atoms with Gasteiger partial charge in [0.1, 0.15) is 11.5 Å². The second kappa shape index (κ2) is 8.99. The summed E-state index contributed by atoms with van der Waals surface area (Å²) in [6, 6.07) is 15.0. The number of nitrogens with zero attached hydrogens (tertiary/aromatic N) is 2. The summed E-state index contributed by atoms with van der Waals surface area (Å²) in [7, 11) is 0. The van der Waals surface area contributed by atoms with Crippen LogP contribution in [0.25, 0.3) is 0 Å². The van der Waals surface area contributed by atoms with Gasteiger partial charge in [-0.25, -0.2) is 4.39 Å². The Labute approximate surface area is 175 Å². The van der Waals surface area contributed by atoms with Gasteiger partial charge in [0.05, 0.1) is 15.9 Å². The van der Waals surface area contributed by atoms with Crippen LogP contribution in [0.15, 0.2) is 66.7 Å². The molecule has 9 nitrogen and oxygen atoms in total. The topological polar surface area (TPSA) is 127 Å². The molecular weight excluding hydrogens is 407 g/mol. The molecule has 0 aliphatic carbocycles. The molecule has 0 spiro atoms. The van der Waals surface area contributed by atoms with Crippen LogP contribution in [0, 0.1) is 26.0 Å². The van der Waals surface area contributed by atoms with E-state index in [1.54, 1.807) is 31.2 Å². The number of non-ortho nitro benzene ring substituents is 1. The highest BCUT2D eigenvalue weighted by Gasteiger charge is 2.21. The molecule has 0 heterocycles. The van der Waals surface area contributed by atoms with Crippen LogP contribution in [0.3, 0.4) is 0 Å². The second-order valence-electron chi connectivity index (χ2n) is 6.66. The van der Waals surface area contributed by atoms with E-state index in [2.05, 4.69) is 10.6 Å². The molecule has 3 rings (SSSR count). The third-order valence-electron chi connectivity index (χ3n) is 4.54. The molecule has 158 valence electrons. The molecule has 1 unspecified atom stereocenters. The lowest BCUT2D eigenvalue weighted by Crippen LogP contribution is -2.12. The van der Waals surface area contributed by atoms with Crippen molar-refractivity contribution in [3.8, 4) is 0 Å². The number of benzene rings is 3. The minimum Gasteiger partial charge on any atom is -0.373 e. The molecule has 0 aliphatic heterocycles. The number of nitro groups is 2. The van der Waals surface area contributed by atoms with Crippen LogP contribution in [-0.2, 0) is 0 Å². The van der Waals surface area contributed by atoms with E-state index in [0.717, 1.165) is 11.6 Å². The number of halogens is 1. The minimum absolute atomic E-state index is 0.150. The van der Waals surface area contributed by atoms with Crippen molar-refractivity contribution in [3.05, 3.63) is 104 Å².